The minimum absolute atomic E-state index is 0.122. The molecule has 4 aliphatic rings. The molecule has 4 fully saturated rings. The van der Waals surface area contributed by atoms with E-state index in [-0.39, 0.29) is 11.0 Å². The van der Waals surface area contributed by atoms with Crippen LogP contribution in [0.1, 0.15) is 49.7 Å². The zero-order valence-corrected chi connectivity index (χ0v) is 17.5. The number of H-pyrrole nitrogens is 1. The standard InChI is InChI=1S/C23H24N6O3/c30-20-19(11-26-28-12-24-25-13-28)21(31)29(22(32)27-20)18-3-1-17(2-4-18)23-8-14-5-15(9-23)7-16(6-14)10-23/h1-4,11-16,31H,5-10H2,(H,27,30,32). The molecule has 0 aliphatic heterocycles. The SMILES string of the molecule is O=c1[nH]c(=O)n(-c2ccc(C34CC5CC(CC(C5)C3)C4)cc2)c(O)c1C=Nn1cnnc1. The average Bonchev–Trinajstić information content (AvgIpc) is 3.26. The number of benzene rings is 1. The van der Waals surface area contributed by atoms with Gasteiger partial charge in [0.1, 0.15) is 18.2 Å². The van der Waals surface area contributed by atoms with Crippen molar-refractivity contribution in [1.29, 1.82) is 0 Å². The summed E-state index contributed by atoms with van der Waals surface area (Å²) in [4.78, 5) is 27.0. The van der Waals surface area contributed by atoms with E-state index in [1.165, 1.54) is 67.6 Å². The van der Waals surface area contributed by atoms with Crippen molar-refractivity contribution in [3.8, 4) is 11.6 Å². The average molecular weight is 432 g/mol. The van der Waals surface area contributed by atoms with Gasteiger partial charge in [0.15, 0.2) is 0 Å². The van der Waals surface area contributed by atoms with Crippen molar-refractivity contribution in [2.75, 3.05) is 0 Å². The smallest absolute Gasteiger partial charge is 0.335 e. The lowest BCUT2D eigenvalue weighted by atomic mass is 9.48. The highest BCUT2D eigenvalue weighted by molar-refractivity contribution is 5.82. The van der Waals surface area contributed by atoms with Crippen LogP contribution in [-0.2, 0) is 5.41 Å². The van der Waals surface area contributed by atoms with E-state index in [0.717, 1.165) is 22.3 Å². The van der Waals surface area contributed by atoms with E-state index in [1.807, 2.05) is 12.1 Å². The molecule has 7 rings (SSSR count). The minimum atomic E-state index is -0.717. The minimum Gasteiger partial charge on any atom is -0.493 e. The van der Waals surface area contributed by atoms with Crippen LogP contribution >= 0.6 is 0 Å². The number of aromatic nitrogens is 5. The Hall–Kier alpha value is -3.49. The van der Waals surface area contributed by atoms with E-state index in [1.54, 1.807) is 0 Å². The summed E-state index contributed by atoms with van der Waals surface area (Å²) < 4.78 is 2.38. The Bertz CT molecular complexity index is 1270. The Balaban J connectivity index is 1.36. The first-order valence-electron chi connectivity index (χ1n) is 11.1. The molecule has 1 aromatic carbocycles. The highest BCUT2D eigenvalue weighted by atomic mass is 16.3. The fourth-order valence-corrected chi connectivity index (χ4v) is 6.70. The second-order valence-corrected chi connectivity index (χ2v) is 9.66. The lowest BCUT2D eigenvalue weighted by Gasteiger charge is -2.57. The molecule has 0 spiro atoms. The summed E-state index contributed by atoms with van der Waals surface area (Å²) in [5.41, 5.74) is 0.538. The molecule has 0 atom stereocenters. The second kappa shape index (κ2) is 7.01. The van der Waals surface area contributed by atoms with Crippen LogP contribution in [0.25, 0.3) is 5.69 Å². The predicted octanol–water partition coefficient (Wildman–Crippen LogP) is 2.17. The van der Waals surface area contributed by atoms with Crippen LogP contribution in [0.2, 0.25) is 0 Å². The molecule has 9 nitrogen and oxygen atoms in total. The molecule has 0 saturated heterocycles. The Morgan fingerprint density at radius 2 is 1.59 bits per heavy atom. The Kier molecular flexibility index (Phi) is 4.21. The number of aromatic hydroxyl groups is 1. The maximum Gasteiger partial charge on any atom is 0.335 e. The third-order valence-electron chi connectivity index (χ3n) is 7.62. The summed E-state index contributed by atoms with van der Waals surface area (Å²) in [7, 11) is 0. The maximum atomic E-state index is 12.5. The van der Waals surface area contributed by atoms with Gasteiger partial charge in [-0.3, -0.25) is 9.78 Å². The Morgan fingerprint density at radius 3 is 2.19 bits per heavy atom. The van der Waals surface area contributed by atoms with Crippen LogP contribution in [0, 0.1) is 17.8 Å². The first-order valence-corrected chi connectivity index (χ1v) is 11.1. The van der Waals surface area contributed by atoms with Gasteiger partial charge in [0, 0.05) is 0 Å². The molecular weight excluding hydrogens is 408 g/mol. The summed E-state index contributed by atoms with van der Waals surface area (Å²) in [5, 5.41) is 22.0. The largest absolute Gasteiger partial charge is 0.493 e. The quantitative estimate of drug-likeness (QED) is 0.613. The number of hydrogen-bond donors (Lipinski definition) is 2. The van der Waals surface area contributed by atoms with Crippen LogP contribution in [0.5, 0.6) is 5.88 Å². The van der Waals surface area contributed by atoms with Crippen LogP contribution in [0.4, 0.5) is 0 Å². The molecule has 32 heavy (non-hydrogen) atoms. The second-order valence-electron chi connectivity index (χ2n) is 9.66. The van der Waals surface area contributed by atoms with Crippen molar-refractivity contribution in [3.63, 3.8) is 0 Å². The first kappa shape index (κ1) is 19.2. The molecule has 2 aromatic heterocycles. The highest BCUT2D eigenvalue weighted by Gasteiger charge is 2.51. The van der Waals surface area contributed by atoms with E-state index >= 15 is 0 Å². The fraction of sp³-hybridized carbons (Fsp3) is 0.435. The molecule has 0 unspecified atom stereocenters. The van der Waals surface area contributed by atoms with E-state index in [2.05, 4.69) is 32.4 Å². The van der Waals surface area contributed by atoms with Gasteiger partial charge in [-0.15, -0.1) is 10.2 Å². The van der Waals surface area contributed by atoms with Crippen molar-refractivity contribution in [1.82, 2.24) is 24.4 Å². The van der Waals surface area contributed by atoms with Crippen molar-refractivity contribution < 1.29 is 5.11 Å². The van der Waals surface area contributed by atoms with Crippen molar-refractivity contribution in [2.24, 2.45) is 22.9 Å². The normalized spacial score (nSPS) is 28.6. The van der Waals surface area contributed by atoms with Crippen molar-refractivity contribution in [2.45, 2.75) is 43.9 Å². The maximum absolute atomic E-state index is 12.5. The van der Waals surface area contributed by atoms with Crippen LogP contribution < -0.4 is 11.2 Å². The highest BCUT2D eigenvalue weighted by Crippen LogP contribution is 2.60. The molecule has 2 heterocycles. The Labute approximate surface area is 183 Å². The number of aromatic amines is 1. The molecule has 4 aliphatic carbocycles. The molecule has 4 saturated carbocycles. The molecule has 0 radical (unpaired) electrons. The molecule has 4 bridgehead atoms. The van der Waals surface area contributed by atoms with Crippen molar-refractivity contribution >= 4 is 6.21 Å². The van der Waals surface area contributed by atoms with Crippen LogP contribution in [-0.4, -0.2) is 35.7 Å². The van der Waals surface area contributed by atoms with E-state index in [0.29, 0.717) is 5.69 Å². The summed E-state index contributed by atoms with van der Waals surface area (Å²) >= 11 is 0. The van der Waals surface area contributed by atoms with Gasteiger partial charge in [0.2, 0.25) is 5.88 Å². The van der Waals surface area contributed by atoms with E-state index in [9.17, 15) is 14.7 Å². The van der Waals surface area contributed by atoms with Crippen LogP contribution in [0.3, 0.4) is 0 Å². The third-order valence-corrected chi connectivity index (χ3v) is 7.62. The number of nitrogens with zero attached hydrogens (tertiary/aromatic N) is 5. The molecule has 3 aromatic rings. The predicted molar refractivity (Wildman–Crippen MR) is 117 cm³/mol. The van der Waals surface area contributed by atoms with Gasteiger partial charge in [0.25, 0.3) is 5.56 Å². The third kappa shape index (κ3) is 3.03. The summed E-state index contributed by atoms with van der Waals surface area (Å²) in [6.07, 6.45) is 11.8. The van der Waals surface area contributed by atoms with Crippen LogP contribution in [0.15, 0.2) is 51.6 Å². The number of nitrogens with one attached hydrogen (secondary N) is 1. The van der Waals surface area contributed by atoms with Gasteiger partial charge in [-0.2, -0.15) is 5.10 Å². The monoisotopic (exact) mass is 432 g/mol. The number of rotatable bonds is 4. The van der Waals surface area contributed by atoms with Gasteiger partial charge in [-0.05, 0) is 79.4 Å². The lowest BCUT2D eigenvalue weighted by Crippen LogP contribution is -2.48. The van der Waals surface area contributed by atoms with Gasteiger partial charge in [0.05, 0.1) is 11.9 Å². The van der Waals surface area contributed by atoms with Gasteiger partial charge in [-0.1, -0.05) is 12.1 Å². The summed E-state index contributed by atoms with van der Waals surface area (Å²) in [5.74, 6) is 2.08. The van der Waals surface area contributed by atoms with Gasteiger partial charge >= 0.3 is 5.69 Å². The zero-order chi connectivity index (χ0) is 21.9. The molecule has 2 N–H and O–H groups in total. The first-order chi connectivity index (χ1) is 15.5. The molecule has 164 valence electrons. The molecule has 9 heteroatoms. The fourth-order valence-electron chi connectivity index (χ4n) is 6.70. The van der Waals surface area contributed by atoms with Gasteiger partial charge in [-0.25, -0.2) is 14.0 Å². The molecule has 0 amide bonds. The van der Waals surface area contributed by atoms with Crippen molar-refractivity contribution in [3.05, 3.63) is 68.9 Å². The topological polar surface area (TPSA) is 118 Å². The lowest BCUT2D eigenvalue weighted by molar-refractivity contribution is -0.00518. The zero-order valence-electron chi connectivity index (χ0n) is 17.5. The Morgan fingerprint density at radius 1 is 1.00 bits per heavy atom. The van der Waals surface area contributed by atoms with E-state index < -0.39 is 17.1 Å². The summed E-state index contributed by atoms with van der Waals surface area (Å²) in [6, 6.07) is 7.89. The summed E-state index contributed by atoms with van der Waals surface area (Å²) in [6.45, 7) is 0. The van der Waals surface area contributed by atoms with E-state index in [4.69, 9.17) is 0 Å². The van der Waals surface area contributed by atoms with Gasteiger partial charge < -0.3 is 5.11 Å². The molecular formula is C23H24N6O3. The number of hydrogen-bond acceptors (Lipinski definition) is 6.